The van der Waals surface area contributed by atoms with E-state index in [1.165, 1.54) is 23.5 Å². The van der Waals surface area contributed by atoms with Gasteiger partial charge in [0.05, 0.1) is 23.6 Å². The maximum Gasteiger partial charge on any atom is 0.340 e. The Morgan fingerprint density at radius 3 is 2.46 bits per heavy atom. The van der Waals surface area contributed by atoms with Gasteiger partial charge >= 0.3 is 5.97 Å². The van der Waals surface area contributed by atoms with Crippen molar-refractivity contribution >= 4 is 63.1 Å². The number of nitrogens with one attached hydrogen (secondary N) is 2. The number of para-hydroxylation sites is 1. The first kappa shape index (κ1) is 24.1. The number of carbonyl (C=O) groups is 4. The molecule has 178 valence electrons. The van der Waals surface area contributed by atoms with Gasteiger partial charge in [-0.3, -0.25) is 19.7 Å². The standard InChI is InChI=1S/C24H19ClN4O5S/c1-3-34-23(33)16-6-4-5-7-17(16)29-21(31)18(25)19(22(29)32)27-15-10-8-14(9-11-15)20(30)28-24-26-13(2)12-35-24/h4-12,27H,3H2,1-2H3,(H,26,28,30). The number of hydrogen-bond acceptors (Lipinski definition) is 8. The molecule has 0 bridgehead atoms. The minimum Gasteiger partial charge on any atom is -0.462 e. The summed E-state index contributed by atoms with van der Waals surface area (Å²) in [5.41, 5.74) is 1.60. The first-order chi connectivity index (χ1) is 16.8. The highest BCUT2D eigenvalue weighted by molar-refractivity contribution is 7.13. The molecule has 3 aromatic rings. The van der Waals surface area contributed by atoms with Crippen LogP contribution in [0.4, 0.5) is 16.5 Å². The minimum absolute atomic E-state index is 0.0626. The quantitative estimate of drug-likeness (QED) is 0.359. The number of aryl methyl sites for hydroxylation is 1. The number of amides is 3. The van der Waals surface area contributed by atoms with E-state index in [1.54, 1.807) is 43.3 Å². The number of ether oxygens (including phenoxy) is 1. The Morgan fingerprint density at radius 2 is 1.80 bits per heavy atom. The van der Waals surface area contributed by atoms with Gasteiger partial charge in [0, 0.05) is 16.6 Å². The van der Waals surface area contributed by atoms with Gasteiger partial charge in [-0.05, 0) is 50.2 Å². The third kappa shape index (κ3) is 4.93. The first-order valence-corrected chi connectivity index (χ1v) is 11.7. The second kappa shape index (κ2) is 10.1. The van der Waals surface area contributed by atoms with E-state index in [0.29, 0.717) is 16.4 Å². The molecule has 0 unspecified atom stereocenters. The average Bonchev–Trinajstić information content (AvgIpc) is 3.35. The van der Waals surface area contributed by atoms with Crippen molar-refractivity contribution in [3.05, 3.63) is 81.5 Å². The summed E-state index contributed by atoms with van der Waals surface area (Å²) in [5, 5.41) is 7.55. The fraction of sp³-hybridized carbons (Fsp3) is 0.125. The number of imide groups is 1. The fourth-order valence-electron chi connectivity index (χ4n) is 3.31. The van der Waals surface area contributed by atoms with E-state index < -0.39 is 17.8 Å². The Morgan fingerprint density at radius 1 is 1.09 bits per heavy atom. The summed E-state index contributed by atoms with van der Waals surface area (Å²) >= 11 is 7.53. The zero-order valence-corrected chi connectivity index (χ0v) is 20.2. The van der Waals surface area contributed by atoms with Crippen LogP contribution in [0.15, 0.2) is 64.6 Å². The molecule has 2 N–H and O–H groups in total. The number of hydrogen-bond donors (Lipinski definition) is 2. The molecule has 1 aliphatic rings. The van der Waals surface area contributed by atoms with Crippen LogP contribution in [0, 0.1) is 6.92 Å². The van der Waals surface area contributed by atoms with Crippen LogP contribution in [-0.4, -0.2) is 35.3 Å². The Labute approximate surface area is 209 Å². The molecular formula is C24H19ClN4O5S. The number of carbonyl (C=O) groups excluding carboxylic acids is 4. The van der Waals surface area contributed by atoms with Crippen LogP contribution in [0.2, 0.25) is 0 Å². The van der Waals surface area contributed by atoms with Crippen LogP contribution in [0.1, 0.15) is 33.3 Å². The second-order valence-electron chi connectivity index (χ2n) is 7.32. The molecule has 0 saturated heterocycles. The molecule has 2 aromatic carbocycles. The monoisotopic (exact) mass is 510 g/mol. The van der Waals surface area contributed by atoms with Crippen molar-refractivity contribution in [2.24, 2.45) is 0 Å². The van der Waals surface area contributed by atoms with E-state index >= 15 is 0 Å². The van der Waals surface area contributed by atoms with Gasteiger partial charge in [0.15, 0.2) is 5.13 Å². The highest BCUT2D eigenvalue weighted by Crippen LogP contribution is 2.32. The van der Waals surface area contributed by atoms with Crippen molar-refractivity contribution in [2.75, 3.05) is 22.1 Å². The molecule has 0 aliphatic carbocycles. The SMILES string of the molecule is CCOC(=O)c1ccccc1N1C(=O)C(Cl)=C(Nc2ccc(C(=O)Nc3nc(C)cs3)cc2)C1=O. The van der Waals surface area contributed by atoms with Gasteiger partial charge in [0.25, 0.3) is 17.7 Å². The van der Waals surface area contributed by atoms with Gasteiger partial charge in [0.1, 0.15) is 10.7 Å². The van der Waals surface area contributed by atoms with Crippen molar-refractivity contribution in [1.82, 2.24) is 4.98 Å². The van der Waals surface area contributed by atoms with E-state index in [1.807, 2.05) is 12.3 Å². The zero-order chi connectivity index (χ0) is 25.1. The molecule has 1 aromatic heterocycles. The lowest BCUT2D eigenvalue weighted by Gasteiger charge is -2.18. The highest BCUT2D eigenvalue weighted by atomic mass is 35.5. The molecule has 0 atom stereocenters. The fourth-order valence-corrected chi connectivity index (χ4v) is 4.21. The normalized spacial score (nSPS) is 13.3. The summed E-state index contributed by atoms with van der Waals surface area (Å²) in [7, 11) is 0. The van der Waals surface area contributed by atoms with E-state index in [0.717, 1.165) is 10.6 Å². The third-order valence-corrected chi connectivity index (χ3v) is 6.15. The minimum atomic E-state index is -0.773. The largest absolute Gasteiger partial charge is 0.462 e. The lowest BCUT2D eigenvalue weighted by molar-refractivity contribution is -0.120. The Hall–Kier alpha value is -4.02. The van der Waals surface area contributed by atoms with Crippen molar-refractivity contribution in [3.63, 3.8) is 0 Å². The number of halogens is 1. The topological polar surface area (TPSA) is 118 Å². The molecule has 0 fully saturated rings. The van der Waals surface area contributed by atoms with Crippen LogP contribution in [0.5, 0.6) is 0 Å². The van der Waals surface area contributed by atoms with Crippen molar-refractivity contribution in [3.8, 4) is 0 Å². The predicted molar refractivity (Wildman–Crippen MR) is 133 cm³/mol. The molecule has 9 nitrogen and oxygen atoms in total. The molecule has 3 amide bonds. The zero-order valence-electron chi connectivity index (χ0n) is 18.6. The van der Waals surface area contributed by atoms with Crippen LogP contribution < -0.4 is 15.5 Å². The molecular weight excluding hydrogens is 492 g/mol. The molecule has 35 heavy (non-hydrogen) atoms. The number of anilines is 3. The highest BCUT2D eigenvalue weighted by Gasteiger charge is 2.40. The number of benzene rings is 2. The summed E-state index contributed by atoms with van der Waals surface area (Å²) in [6.07, 6.45) is 0. The molecule has 1 aliphatic heterocycles. The van der Waals surface area contributed by atoms with Gasteiger partial charge < -0.3 is 10.1 Å². The summed E-state index contributed by atoms with van der Waals surface area (Å²) < 4.78 is 5.03. The molecule has 0 spiro atoms. The molecule has 0 saturated carbocycles. The summed E-state index contributed by atoms with van der Waals surface area (Å²) in [6, 6.07) is 12.4. The predicted octanol–water partition coefficient (Wildman–Crippen LogP) is 4.32. The van der Waals surface area contributed by atoms with E-state index in [-0.39, 0.29) is 34.5 Å². The van der Waals surface area contributed by atoms with Gasteiger partial charge in [0.2, 0.25) is 0 Å². The van der Waals surface area contributed by atoms with E-state index in [2.05, 4.69) is 15.6 Å². The summed E-state index contributed by atoms with van der Waals surface area (Å²) in [5.74, 6) is -2.50. The maximum atomic E-state index is 13.1. The Kier molecular flexibility index (Phi) is 6.94. The van der Waals surface area contributed by atoms with Gasteiger partial charge in [-0.25, -0.2) is 14.7 Å². The first-order valence-electron chi connectivity index (χ1n) is 10.5. The van der Waals surface area contributed by atoms with Gasteiger partial charge in [-0.2, -0.15) is 0 Å². The number of nitrogens with zero attached hydrogens (tertiary/aromatic N) is 2. The van der Waals surface area contributed by atoms with Crippen LogP contribution in [-0.2, 0) is 14.3 Å². The summed E-state index contributed by atoms with van der Waals surface area (Å²) in [4.78, 5) is 55.7. The van der Waals surface area contributed by atoms with Gasteiger partial charge in [-0.1, -0.05) is 23.7 Å². The van der Waals surface area contributed by atoms with Crippen molar-refractivity contribution in [2.45, 2.75) is 13.8 Å². The molecule has 0 radical (unpaired) electrons. The second-order valence-corrected chi connectivity index (χ2v) is 8.56. The average molecular weight is 511 g/mol. The van der Waals surface area contributed by atoms with Crippen LogP contribution in [0.3, 0.4) is 0 Å². The van der Waals surface area contributed by atoms with Crippen LogP contribution >= 0.6 is 22.9 Å². The summed E-state index contributed by atoms with van der Waals surface area (Å²) in [6.45, 7) is 3.62. The van der Waals surface area contributed by atoms with E-state index in [4.69, 9.17) is 16.3 Å². The van der Waals surface area contributed by atoms with Gasteiger partial charge in [-0.15, -0.1) is 11.3 Å². The van der Waals surface area contributed by atoms with E-state index in [9.17, 15) is 19.2 Å². The Balaban J connectivity index is 1.52. The lowest BCUT2D eigenvalue weighted by Crippen LogP contribution is -2.33. The van der Waals surface area contributed by atoms with Crippen LogP contribution in [0.25, 0.3) is 0 Å². The lowest BCUT2D eigenvalue weighted by atomic mass is 10.1. The molecule has 2 heterocycles. The third-order valence-electron chi connectivity index (χ3n) is 4.92. The maximum absolute atomic E-state index is 13.1. The van der Waals surface area contributed by atoms with Crippen molar-refractivity contribution < 1.29 is 23.9 Å². The number of thiazole rings is 1. The number of esters is 1. The molecule has 11 heteroatoms. The van der Waals surface area contributed by atoms with Crippen molar-refractivity contribution in [1.29, 1.82) is 0 Å². The molecule has 4 rings (SSSR count). The Bertz CT molecular complexity index is 1370. The number of rotatable bonds is 7. The smallest absolute Gasteiger partial charge is 0.340 e. The number of aromatic nitrogens is 1.